The first kappa shape index (κ1) is 21.0. The molecule has 1 aliphatic heterocycles. The summed E-state index contributed by atoms with van der Waals surface area (Å²) in [5.41, 5.74) is 0.776. The molecule has 4 rings (SSSR count). The fraction of sp³-hybridized carbons (Fsp3) is 0.300. The number of nitrogens with zero attached hydrogens (tertiary/aromatic N) is 2. The number of nitrogens with one attached hydrogen (secondary N) is 1. The van der Waals surface area contributed by atoms with Gasteiger partial charge in [-0.2, -0.15) is 13.2 Å². The average molecular weight is 454 g/mol. The van der Waals surface area contributed by atoms with E-state index in [0.717, 1.165) is 26.7 Å². The summed E-state index contributed by atoms with van der Waals surface area (Å²) in [5, 5.41) is 2.66. The zero-order chi connectivity index (χ0) is 21.1. The van der Waals surface area contributed by atoms with Crippen LogP contribution in [0.3, 0.4) is 0 Å². The lowest BCUT2D eigenvalue weighted by atomic mass is 10.1. The summed E-state index contributed by atoms with van der Waals surface area (Å²) in [7, 11) is 0. The van der Waals surface area contributed by atoms with Gasteiger partial charge in [-0.25, -0.2) is 4.98 Å². The zero-order valence-electron chi connectivity index (χ0n) is 15.7. The van der Waals surface area contributed by atoms with Gasteiger partial charge in [0.15, 0.2) is 4.34 Å². The quantitative estimate of drug-likeness (QED) is 0.558. The third-order valence-electron chi connectivity index (χ3n) is 4.55. The molecule has 5 nitrogen and oxygen atoms in total. The van der Waals surface area contributed by atoms with E-state index in [1.165, 1.54) is 29.2 Å². The smallest absolute Gasteiger partial charge is 0.378 e. The van der Waals surface area contributed by atoms with Crippen LogP contribution in [0.25, 0.3) is 10.2 Å². The van der Waals surface area contributed by atoms with Gasteiger partial charge in [-0.1, -0.05) is 23.9 Å². The molecule has 0 unspecified atom stereocenters. The highest BCUT2D eigenvalue weighted by atomic mass is 32.2. The summed E-state index contributed by atoms with van der Waals surface area (Å²) in [4.78, 5) is 18.9. The lowest BCUT2D eigenvalue weighted by Crippen LogP contribution is -2.37. The van der Waals surface area contributed by atoms with Crippen LogP contribution in [0.15, 0.2) is 46.8 Å². The molecule has 10 heteroatoms. The Hall–Kier alpha value is -2.30. The Morgan fingerprint density at radius 2 is 1.97 bits per heavy atom. The number of morpholine rings is 1. The lowest BCUT2D eigenvalue weighted by molar-refractivity contribution is -0.137. The van der Waals surface area contributed by atoms with Crippen LogP contribution in [0.1, 0.15) is 5.56 Å². The van der Waals surface area contributed by atoms with Crippen molar-refractivity contribution in [3.05, 3.63) is 48.0 Å². The van der Waals surface area contributed by atoms with E-state index in [4.69, 9.17) is 4.74 Å². The molecule has 1 saturated heterocycles. The van der Waals surface area contributed by atoms with Gasteiger partial charge in [-0.15, -0.1) is 11.3 Å². The Bertz CT molecular complexity index is 1020. The Kier molecular flexibility index (Phi) is 6.16. The van der Waals surface area contributed by atoms with Gasteiger partial charge in [0, 0.05) is 13.1 Å². The Balaban J connectivity index is 1.50. The molecule has 0 aliphatic carbocycles. The molecule has 1 aliphatic rings. The summed E-state index contributed by atoms with van der Waals surface area (Å²) in [6.07, 6.45) is -4.49. The maximum Gasteiger partial charge on any atom is 0.416 e. The Morgan fingerprint density at radius 3 is 2.70 bits per heavy atom. The number of amides is 1. The van der Waals surface area contributed by atoms with Gasteiger partial charge in [0.1, 0.15) is 0 Å². The van der Waals surface area contributed by atoms with Gasteiger partial charge in [-0.05, 0) is 30.3 Å². The number of anilines is 2. The lowest BCUT2D eigenvalue weighted by Gasteiger charge is -2.31. The number of para-hydroxylation sites is 1. The molecule has 0 saturated carbocycles. The predicted octanol–water partition coefficient (Wildman–Crippen LogP) is 4.88. The molecule has 0 radical (unpaired) electrons. The van der Waals surface area contributed by atoms with Crippen LogP contribution < -0.4 is 10.2 Å². The van der Waals surface area contributed by atoms with Gasteiger partial charge in [0.05, 0.1) is 46.1 Å². The molecule has 0 bridgehead atoms. The van der Waals surface area contributed by atoms with Crippen molar-refractivity contribution in [2.45, 2.75) is 10.5 Å². The first-order chi connectivity index (χ1) is 14.4. The van der Waals surface area contributed by atoms with E-state index in [1.54, 1.807) is 0 Å². The van der Waals surface area contributed by atoms with E-state index in [0.29, 0.717) is 32.0 Å². The van der Waals surface area contributed by atoms with Crippen LogP contribution >= 0.6 is 23.1 Å². The molecule has 1 amide bonds. The summed E-state index contributed by atoms with van der Waals surface area (Å²) in [6.45, 7) is 2.08. The molecule has 1 aromatic heterocycles. The van der Waals surface area contributed by atoms with Crippen molar-refractivity contribution in [1.82, 2.24) is 4.98 Å². The number of aromatic nitrogens is 1. The van der Waals surface area contributed by atoms with E-state index in [2.05, 4.69) is 10.3 Å². The Labute approximate surface area is 179 Å². The molecule has 0 atom stereocenters. The van der Waals surface area contributed by atoms with Crippen molar-refractivity contribution < 1.29 is 22.7 Å². The normalized spacial score (nSPS) is 14.8. The fourth-order valence-electron chi connectivity index (χ4n) is 3.12. The highest BCUT2D eigenvalue weighted by molar-refractivity contribution is 8.01. The highest BCUT2D eigenvalue weighted by Gasteiger charge is 2.32. The third-order valence-corrected chi connectivity index (χ3v) is 6.73. The first-order valence-electron chi connectivity index (χ1n) is 9.22. The number of alkyl halides is 3. The molecular weight excluding hydrogens is 435 g/mol. The summed E-state index contributed by atoms with van der Waals surface area (Å²) < 4.78 is 46.7. The SMILES string of the molecule is O=C(CSc1nc2ccccc2s1)Nc1cc(C(F)(F)F)ccc1N1CCOCC1. The van der Waals surface area contributed by atoms with Crippen LogP contribution in [-0.4, -0.2) is 42.9 Å². The second-order valence-electron chi connectivity index (χ2n) is 6.61. The minimum atomic E-state index is -4.49. The maximum atomic E-state index is 13.2. The van der Waals surface area contributed by atoms with Crippen molar-refractivity contribution in [3.63, 3.8) is 0 Å². The first-order valence-corrected chi connectivity index (χ1v) is 11.0. The number of ether oxygens (including phenoxy) is 1. The number of carbonyl (C=O) groups excluding carboxylic acids is 1. The number of thioether (sulfide) groups is 1. The molecular formula is C20H18F3N3O2S2. The molecule has 1 N–H and O–H groups in total. The average Bonchev–Trinajstić information content (AvgIpc) is 3.15. The number of thiazole rings is 1. The van der Waals surface area contributed by atoms with Crippen LogP contribution in [0.4, 0.5) is 24.5 Å². The topological polar surface area (TPSA) is 54.5 Å². The monoisotopic (exact) mass is 453 g/mol. The standard InChI is InChI=1S/C20H18F3N3O2S2/c21-20(22,23)13-5-6-16(26-7-9-28-10-8-26)15(11-13)24-18(27)12-29-19-25-14-3-1-2-4-17(14)30-19/h1-6,11H,7-10,12H2,(H,24,27). The van der Waals surface area contributed by atoms with Crippen molar-refractivity contribution in [2.75, 3.05) is 42.3 Å². The van der Waals surface area contributed by atoms with Gasteiger partial charge in [-0.3, -0.25) is 4.79 Å². The van der Waals surface area contributed by atoms with E-state index in [9.17, 15) is 18.0 Å². The number of carbonyl (C=O) groups is 1. The fourth-order valence-corrected chi connectivity index (χ4v) is 4.99. The van der Waals surface area contributed by atoms with E-state index < -0.39 is 11.7 Å². The molecule has 2 aromatic carbocycles. The third kappa shape index (κ3) is 4.88. The second-order valence-corrected chi connectivity index (χ2v) is 8.87. The van der Waals surface area contributed by atoms with Crippen molar-refractivity contribution in [2.24, 2.45) is 0 Å². The number of fused-ring (bicyclic) bond motifs is 1. The number of benzene rings is 2. The molecule has 1 fully saturated rings. The van der Waals surface area contributed by atoms with Crippen LogP contribution in [-0.2, 0) is 15.7 Å². The van der Waals surface area contributed by atoms with E-state index in [-0.39, 0.29) is 17.3 Å². The van der Waals surface area contributed by atoms with Gasteiger partial charge in [0.25, 0.3) is 0 Å². The summed E-state index contributed by atoms with van der Waals surface area (Å²) >= 11 is 2.74. The van der Waals surface area contributed by atoms with Gasteiger partial charge in [0.2, 0.25) is 5.91 Å². The largest absolute Gasteiger partial charge is 0.416 e. The second kappa shape index (κ2) is 8.83. The minimum absolute atomic E-state index is 0.0542. The maximum absolute atomic E-state index is 13.2. The number of halogens is 3. The molecule has 30 heavy (non-hydrogen) atoms. The molecule has 158 valence electrons. The van der Waals surface area contributed by atoms with E-state index in [1.807, 2.05) is 29.2 Å². The number of rotatable bonds is 5. The van der Waals surface area contributed by atoms with Gasteiger partial charge < -0.3 is 15.0 Å². The molecule has 2 heterocycles. The summed E-state index contributed by atoms with van der Waals surface area (Å²) in [5.74, 6) is -0.327. The van der Waals surface area contributed by atoms with Gasteiger partial charge >= 0.3 is 6.18 Å². The number of hydrogen-bond acceptors (Lipinski definition) is 6. The van der Waals surface area contributed by atoms with Crippen LogP contribution in [0, 0.1) is 0 Å². The van der Waals surface area contributed by atoms with Crippen LogP contribution in [0.2, 0.25) is 0 Å². The molecule has 0 spiro atoms. The summed E-state index contributed by atoms with van der Waals surface area (Å²) in [6, 6.07) is 11.1. The van der Waals surface area contributed by atoms with E-state index >= 15 is 0 Å². The molecule has 3 aromatic rings. The predicted molar refractivity (Wildman–Crippen MR) is 113 cm³/mol. The van der Waals surface area contributed by atoms with Crippen molar-refractivity contribution >= 4 is 50.6 Å². The van der Waals surface area contributed by atoms with Crippen molar-refractivity contribution in [1.29, 1.82) is 0 Å². The number of hydrogen-bond donors (Lipinski definition) is 1. The zero-order valence-corrected chi connectivity index (χ0v) is 17.4. The van der Waals surface area contributed by atoms with Crippen LogP contribution in [0.5, 0.6) is 0 Å². The highest BCUT2D eigenvalue weighted by Crippen LogP contribution is 2.36. The Morgan fingerprint density at radius 1 is 1.20 bits per heavy atom. The van der Waals surface area contributed by atoms with Crippen molar-refractivity contribution in [3.8, 4) is 0 Å². The minimum Gasteiger partial charge on any atom is -0.378 e.